The molecule has 0 aliphatic heterocycles. The number of carboxylic acids is 1. The van der Waals surface area contributed by atoms with Gasteiger partial charge in [-0.05, 0) is 23.8 Å². The van der Waals surface area contributed by atoms with Crippen molar-refractivity contribution in [2.24, 2.45) is 0 Å². The lowest BCUT2D eigenvalue weighted by atomic mass is 10.1. The summed E-state index contributed by atoms with van der Waals surface area (Å²) in [5, 5.41) is 9.90. The first-order valence-corrected chi connectivity index (χ1v) is 5.96. The second kappa shape index (κ2) is 5.14. The lowest BCUT2D eigenvalue weighted by molar-refractivity contribution is 0.0696. The molecule has 0 aliphatic rings. The van der Waals surface area contributed by atoms with E-state index in [9.17, 15) is 4.79 Å². The highest BCUT2D eigenvalue weighted by atomic mass is 35.5. The van der Waals surface area contributed by atoms with Gasteiger partial charge in [-0.2, -0.15) is 0 Å². The first-order valence-electron chi connectivity index (χ1n) is 4.83. The van der Waals surface area contributed by atoms with Crippen LogP contribution < -0.4 is 0 Å². The Hall–Kier alpha value is -1.29. The highest BCUT2D eigenvalue weighted by Gasteiger charge is 2.11. The molecular formula is C12H6Cl3NO2. The summed E-state index contributed by atoms with van der Waals surface area (Å²) in [6.45, 7) is 0. The molecule has 1 N–H and O–H groups in total. The maximum atomic E-state index is 10.9. The topological polar surface area (TPSA) is 50.2 Å². The van der Waals surface area contributed by atoms with Crippen molar-refractivity contribution < 1.29 is 9.90 Å². The first kappa shape index (κ1) is 13.1. The fraction of sp³-hybridized carbons (Fsp3) is 0. The Morgan fingerprint density at radius 3 is 2.44 bits per heavy atom. The van der Waals surface area contributed by atoms with Gasteiger partial charge in [0.1, 0.15) is 5.15 Å². The van der Waals surface area contributed by atoms with Crippen LogP contribution in [0.4, 0.5) is 0 Å². The normalized spacial score (nSPS) is 10.4. The monoisotopic (exact) mass is 301 g/mol. The van der Waals surface area contributed by atoms with E-state index in [0.29, 0.717) is 21.2 Å². The summed E-state index contributed by atoms with van der Waals surface area (Å²) in [6, 6.07) is 6.36. The van der Waals surface area contributed by atoms with Crippen LogP contribution in [0.1, 0.15) is 10.4 Å². The van der Waals surface area contributed by atoms with Gasteiger partial charge in [-0.25, -0.2) is 9.78 Å². The zero-order chi connectivity index (χ0) is 13.3. The maximum Gasteiger partial charge on any atom is 0.337 e. The fourth-order valence-corrected chi connectivity index (χ4v) is 1.94. The minimum Gasteiger partial charge on any atom is -0.478 e. The minimum absolute atomic E-state index is 0.0560. The minimum atomic E-state index is -1.07. The smallest absolute Gasteiger partial charge is 0.337 e. The molecule has 0 bridgehead atoms. The molecule has 2 rings (SSSR count). The molecule has 1 aromatic heterocycles. The summed E-state index contributed by atoms with van der Waals surface area (Å²) in [5.74, 6) is -1.07. The van der Waals surface area contributed by atoms with Gasteiger partial charge in [0.2, 0.25) is 0 Å². The zero-order valence-corrected chi connectivity index (χ0v) is 11.1. The molecule has 92 valence electrons. The second-order valence-corrected chi connectivity index (χ2v) is 4.67. The van der Waals surface area contributed by atoms with Crippen molar-refractivity contribution in [1.82, 2.24) is 4.98 Å². The Balaban J connectivity index is 2.58. The van der Waals surface area contributed by atoms with Gasteiger partial charge in [0.05, 0.1) is 15.6 Å². The molecule has 0 amide bonds. The number of halogens is 3. The average Bonchev–Trinajstić information content (AvgIpc) is 2.33. The number of nitrogens with zero attached hydrogens (tertiary/aromatic N) is 1. The molecule has 3 nitrogen and oxygen atoms in total. The number of rotatable bonds is 2. The molecule has 0 saturated heterocycles. The van der Waals surface area contributed by atoms with Crippen LogP contribution in [-0.4, -0.2) is 16.1 Å². The lowest BCUT2D eigenvalue weighted by Crippen LogP contribution is -1.98. The molecule has 2 aromatic rings. The summed E-state index contributed by atoms with van der Waals surface area (Å²) in [5.41, 5.74) is 1.21. The fourth-order valence-electron chi connectivity index (χ4n) is 1.43. The van der Waals surface area contributed by atoms with Crippen LogP contribution in [0.2, 0.25) is 15.2 Å². The van der Waals surface area contributed by atoms with Gasteiger partial charge in [-0.3, -0.25) is 0 Å². The largest absolute Gasteiger partial charge is 0.478 e. The van der Waals surface area contributed by atoms with Crippen molar-refractivity contribution in [1.29, 1.82) is 0 Å². The highest BCUT2D eigenvalue weighted by Crippen LogP contribution is 2.32. The summed E-state index contributed by atoms with van der Waals surface area (Å²) in [6.07, 6.45) is 1.20. The van der Waals surface area contributed by atoms with Crippen molar-refractivity contribution in [2.75, 3.05) is 0 Å². The molecular weight excluding hydrogens is 296 g/mol. The predicted octanol–water partition coefficient (Wildman–Crippen LogP) is 4.41. The number of hydrogen-bond donors (Lipinski definition) is 1. The van der Waals surface area contributed by atoms with Crippen LogP contribution in [0.3, 0.4) is 0 Å². The molecule has 0 saturated carbocycles. The number of benzene rings is 1. The van der Waals surface area contributed by atoms with Crippen LogP contribution in [0.25, 0.3) is 11.1 Å². The standard InChI is InChI=1S/C12H6Cl3NO2/c13-9-2-1-6(4-10(9)14)8-3-7(12(17)18)5-16-11(8)15/h1-5H,(H,17,18). The van der Waals surface area contributed by atoms with Gasteiger partial charge in [0.25, 0.3) is 0 Å². The van der Waals surface area contributed by atoms with Crippen molar-refractivity contribution in [3.63, 3.8) is 0 Å². The van der Waals surface area contributed by atoms with Gasteiger partial charge in [-0.15, -0.1) is 0 Å². The van der Waals surface area contributed by atoms with Crippen LogP contribution in [0.5, 0.6) is 0 Å². The number of aromatic nitrogens is 1. The van der Waals surface area contributed by atoms with E-state index in [4.69, 9.17) is 39.9 Å². The van der Waals surface area contributed by atoms with E-state index in [1.54, 1.807) is 18.2 Å². The van der Waals surface area contributed by atoms with Crippen LogP contribution in [0.15, 0.2) is 30.5 Å². The Morgan fingerprint density at radius 2 is 1.83 bits per heavy atom. The third kappa shape index (κ3) is 2.58. The summed E-state index contributed by atoms with van der Waals surface area (Å²) in [7, 11) is 0. The second-order valence-electron chi connectivity index (χ2n) is 3.50. The SMILES string of the molecule is O=C(O)c1cnc(Cl)c(-c2ccc(Cl)c(Cl)c2)c1. The van der Waals surface area contributed by atoms with E-state index < -0.39 is 5.97 Å². The van der Waals surface area contributed by atoms with E-state index in [-0.39, 0.29) is 10.7 Å². The summed E-state index contributed by atoms with van der Waals surface area (Å²) >= 11 is 17.7. The molecule has 1 aromatic carbocycles. The highest BCUT2D eigenvalue weighted by molar-refractivity contribution is 6.42. The number of aromatic carboxylic acids is 1. The molecule has 18 heavy (non-hydrogen) atoms. The third-order valence-corrected chi connectivity index (χ3v) is 3.36. The third-order valence-electron chi connectivity index (χ3n) is 2.32. The van der Waals surface area contributed by atoms with Gasteiger partial charge >= 0.3 is 5.97 Å². The van der Waals surface area contributed by atoms with E-state index in [0.717, 1.165) is 0 Å². The number of carboxylic acid groups (broad SMARTS) is 1. The summed E-state index contributed by atoms with van der Waals surface area (Å²) < 4.78 is 0. The molecule has 6 heteroatoms. The van der Waals surface area contributed by atoms with Crippen LogP contribution in [0, 0.1) is 0 Å². The molecule has 0 spiro atoms. The van der Waals surface area contributed by atoms with Crippen LogP contribution in [-0.2, 0) is 0 Å². The van der Waals surface area contributed by atoms with E-state index in [2.05, 4.69) is 4.98 Å². The van der Waals surface area contributed by atoms with E-state index in [1.165, 1.54) is 12.3 Å². The quantitative estimate of drug-likeness (QED) is 0.836. The van der Waals surface area contributed by atoms with Gasteiger partial charge in [0.15, 0.2) is 0 Å². The Labute approximate surface area is 118 Å². The van der Waals surface area contributed by atoms with Gasteiger partial charge in [-0.1, -0.05) is 40.9 Å². The van der Waals surface area contributed by atoms with E-state index >= 15 is 0 Å². The van der Waals surface area contributed by atoms with Gasteiger partial charge in [0, 0.05) is 11.8 Å². The van der Waals surface area contributed by atoms with Crippen molar-refractivity contribution in [3.05, 3.63) is 51.2 Å². The maximum absolute atomic E-state index is 10.9. The van der Waals surface area contributed by atoms with E-state index in [1.807, 2.05) is 0 Å². The molecule has 0 unspecified atom stereocenters. The van der Waals surface area contributed by atoms with Crippen molar-refractivity contribution in [3.8, 4) is 11.1 Å². The molecule has 1 heterocycles. The zero-order valence-electron chi connectivity index (χ0n) is 8.82. The van der Waals surface area contributed by atoms with Gasteiger partial charge < -0.3 is 5.11 Å². The lowest BCUT2D eigenvalue weighted by Gasteiger charge is -2.06. The van der Waals surface area contributed by atoms with Crippen molar-refractivity contribution in [2.45, 2.75) is 0 Å². The summed E-state index contributed by atoms with van der Waals surface area (Å²) in [4.78, 5) is 14.7. The Kier molecular flexibility index (Phi) is 3.76. The molecule has 0 aliphatic carbocycles. The number of pyridine rings is 1. The first-order chi connectivity index (χ1) is 8.49. The number of hydrogen-bond acceptors (Lipinski definition) is 2. The molecule has 0 fully saturated rings. The predicted molar refractivity (Wildman–Crippen MR) is 71.7 cm³/mol. The molecule has 0 atom stereocenters. The molecule has 0 radical (unpaired) electrons. The number of carbonyl (C=O) groups is 1. The Bertz CT molecular complexity index is 629. The van der Waals surface area contributed by atoms with Crippen LogP contribution >= 0.6 is 34.8 Å². The average molecular weight is 303 g/mol. The Morgan fingerprint density at radius 1 is 1.11 bits per heavy atom. The van der Waals surface area contributed by atoms with Crippen molar-refractivity contribution >= 4 is 40.8 Å².